The SMILES string of the molecule is CC(C)(C)Sc1c(CC(C)(C)C(=O)O)[nH]c2ccc(OCc3ccccn3)cc12. The summed E-state index contributed by atoms with van der Waals surface area (Å²) in [5, 5.41) is 10.6. The van der Waals surface area contributed by atoms with Crippen molar-refractivity contribution in [2.24, 2.45) is 5.41 Å². The molecule has 0 saturated carbocycles. The number of carboxylic acid groups (broad SMARTS) is 1. The molecule has 2 N–H and O–H groups in total. The van der Waals surface area contributed by atoms with Crippen LogP contribution in [-0.4, -0.2) is 25.8 Å². The first-order valence-corrected chi connectivity index (χ1v) is 10.5. The number of rotatable bonds is 7. The topological polar surface area (TPSA) is 75.2 Å². The Hall–Kier alpha value is -2.47. The van der Waals surface area contributed by atoms with E-state index in [-0.39, 0.29) is 4.75 Å². The number of aliphatic carboxylic acids is 1. The van der Waals surface area contributed by atoms with E-state index in [0.717, 1.165) is 32.9 Å². The third kappa shape index (κ3) is 5.32. The third-order valence-electron chi connectivity index (χ3n) is 4.51. The lowest BCUT2D eigenvalue weighted by Crippen LogP contribution is -2.26. The van der Waals surface area contributed by atoms with Crippen molar-refractivity contribution in [3.05, 3.63) is 54.0 Å². The number of carboxylic acids is 1. The fourth-order valence-electron chi connectivity index (χ4n) is 3.00. The Balaban J connectivity index is 1.96. The van der Waals surface area contributed by atoms with Crippen LogP contribution in [-0.2, 0) is 17.8 Å². The van der Waals surface area contributed by atoms with Gasteiger partial charge in [-0.2, -0.15) is 0 Å². The molecular formula is C23H28N2O3S. The van der Waals surface area contributed by atoms with Crippen molar-refractivity contribution in [3.63, 3.8) is 0 Å². The van der Waals surface area contributed by atoms with Crippen molar-refractivity contribution in [2.45, 2.75) is 57.3 Å². The van der Waals surface area contributed by atoms with E-state index in [2.05, 4.69) is 30.7 Å². The van der Waals surface area contributed by atoms with E-state index in [1.54, 1.807) is 31.8 Å². The number of aromatic amines is 1. The molecule has 3 rings (SSSR count). The quantitative estimate of drug-likeness (QED) is 0.488. The molecule has 0 radical (unpaired) electrons. The van der Waals surface area contributed by atoms with E-state index in [1.165, 1.54) is 0 Å². The molecule has 0 aliphatic rings. The summed E-state index contributed by atoms with van der Waals surface area (Å²) in [5.74, 6) is -0.0378. The molecule has 0 spiro atoms. The highest BCUT2D eigenvalue weighted by Crippen LogP contribution is 2.42. The number of carbonyl (C=O) groups is 1. The Morgan fingerprint density at radius 1 is 1.17 bits per heavy atom. The van der Waals surface area contributed by atoms with E-state index in [4.69, 9.17) is 4.74 Å². The Morgan fingerprint density at radius 2 is 1.93 bits per heavy atom. The highest BCUT2D eigenvalue weighted by molar-refractivity contribution is 8.00. The van der Waals surface area contributed by atoms with Gasteiger partial charge in [0, 0.05) is 38.9 Å². The molecule has 0 atom stereocenters. The fourth-order valence-corrected chi connectivity index (χ4v) is 4.14. The van der Waals surface area contributed by atoms with Crippen LogP contribution in [0.4, 0.5) is 0 Å². The van der Waals surface area contributed by atoms with Crippen molar-refractivity contribution >= 4 is 28.6 Å². The Labute approximate surface area is 175 Å². The van der Waals surface area contributed by atoms with Gasteiger partial charge in [-0.05, 0) is 44.2 Å². The number of hydrogen-bond acceptors (Lipinski definition) is 4. The summed E-state index contributed by atoms with van der Waals surface area (Å²) in [5.41, 5.74) is 1.95. The van der Waals surface area contributed by atoms with Crippen LogP contribution in [0, 0.1) is 5.41 Å². The summed E-state index contributed by atoms with van der Waals surface area (Å²) in [7, 11) is 0. The largest absolute Gasteiger partial charge is 0.487 e. The first-order chi connectivity index (χ1) is 13.5. The molecule has 0 saturated heterocycles. The maximum Gasteiger partial charge on any atom is 0.309 e. The molecule has 5 nitrogen and oxygen atoms in total. The van der Waals surface area contributed by atoms with E-state index >= 15 is 0 Å². The first-order valence-electron chi connectivity index (χ1n) is 9.65. The molecule has 0 aliphatic heterocycles. The van der Waals surface area contributed by atoms with Gasteiger partial charge in [-0.25, -0.2) is 0 Å². The highest BCUT2D eigenvalue weighted by Gasteiger charge is 2.31. The van der Waals surface area contributed by atoms with Crippen LogP contribution in [0.2, 0.25) is 0 Å². The molecule has 1 aromatic carbocycles. The number of pyridine rings is 1. The molecule has 2 aromatic heterocycles. The summed E-state index contributed by atoms with van der Waals surface area (Å²) in [6.07, 6.45) is 2.18. The molecule has 0 bridgehead atoms. The molecular weight excluding hydrogens is 384 g/mol. The Bertz CT molecular complexity index is 1000. The van der Waals surface area contributed by atoms with Gasteiger partial charge < -0.3 is 14.8 Å². The monoisotopic (exact) mass is 412 g/mol. The van der Waals surface area contributed by atoms with E-state index in [9.17, 15) is 9.90 Å². The molecule has 0 fully saturated rings. The normalized spacial score (nSPS) is 12.3. The van der Waals surface area contributed by atoms with Gasteiger partial charge in [0.15, 0.2) is 0 Å². The van der Waals surface area contributed by atoms with E-state index in [1.807, 2.05) is 36.4 Å². The number of H-pyrrole nitrogens is 1. The summed E-state index contributed by atoms with van der Waals surface area (Å²) in [6.45, 7) is 10.4. The van der Waals surface area contributed by atoms with Crippen LogP contribution in [0.15, 0.2) is 47.5 Å². The van der Waals surface area contributed by atoms with Gasteiger partial charge in [-0.15, -0.1) is 11.8 Å². The van der Waals surface area contributed by atoms with E-state index in [0.29, 0.717) is 13.0 Å². The van der Waals surface area contributed by atoms with Gasteiger partial charge in [-0.3, -0.25) is 9.78 Å². The molecule has 6 heteroatoms. The zero-order valence-corrected chi connectivity index (χ0v) is 18.4. The summed E-state index contributed by atoms with van der Waals surface area (Å²) < 4.78 is 5.94. The lowest BCUT2D eigenvalue weighted by atomic mass is 9.88. The lowest BCUT2D eigenvalue weighted by molar-refractivity contribution is -0.146. The number of benzene rings is 1. The summed E-state index contributed by atoms with van der Waals surface area (Å²) in [6, 6.07) is 11.7. The Morgan fingerprint density at radius 3 is 2.55 bits per heavy atom. The van der Waals surface area contributed by atoms with Crippen molar-refractivity contribution in [2.75, 3.05) is 0 Å². The predicted octanol–water partition coefficient (Wildman–Crippen LogP) is 5.69. The van der Waals surface area contributed by atoms with Crippen LogP contribution in [0.1, 0.15) is 46.0 Å². The zero-order chi connectivity index (χ0) is 21.2. The molecule has 2 heterocycles. The number of aromatic nitrogens is 2. The number of nitrogens with zero attached hydrogens (tertiary/aromatic N) is 1. The standard InChI is InChI=1S/C23H28N2O3S/c1-22(2,3)29-20-17-12-16(28-14-15-8-6-7-11-24-15)9-10-18(17)25-19(20)13-23(4,5)21(26)27/h6-12,25H,13-14H2,1-5H3,(H,26,27). The van der Waals surface area contributed by atoms with Crippen molar-refractivity contribution < 1.29 is 14.6 Å². The van der Waals surface area contributed by atoms with Gasteiger partial charge in [0.2, 0.25) is 0 Å². The summed E-state index contributed by atoms with van der Waals surface area (Å²) >= 11 is 1.75. The van der Waals surface area contributed by atoms with E-state index < -0.39 is 11.4 Å². The zero-order valence-electron chi connectivity index (χ0n) is 17.6. The number of hydrogen-bond donors (Lipinski definition) is 2. The van der Waals surface area contributed by atoms with Crippen LogP contribution >= 0.6 is 11.8 Å². The van der Waals surface area contributed by atoms with Gasteiger partial charge in [-0.1, -0.05) is 26.8 Å². The van der Waals surface area contributed by atoms with Crippen LogP contribution in [0.3, 0.4) is 0 Å². The predicted molar refractivity (Wildman–Crippen MR) is 118 cm³/mol. The number of fused-ring (bicyclic) bond motifs is 1. The molecule has 0 aliphatic carbocycles. The second kappa shape index (κ2) is 8.11. The average molecular weight is 413 g/mol. The third-order valence-corrected chi connectivity index (χ3v) is 5.80. The van der Waals surface area contributed by atoms with Gasteiger partial charge >= 0.3 is 5.97 Å². The molecule has 0 unspecified atom stereocenters. The minimum atomic E-state index is -0.855. The second-order valence-corrected chi connectivity index (χ2v) is 10.7. The minimum absolute atomic E-state index is 0.0118. The van der Waals surface area contributed by atoms with Gasteiger partial charge in [0.05, 0.1) is 11.1 Å². The number of thioether (sulfide) groups is 1. The van der Waals surface area contributed by atoms with Gasteiger partial charge in [0.1, 0.15) is 12.4 Å². The summed E-state index contributed by atoms with van der Waals surface area (Å²) in [4.78, 5) is 20.5. The van der Waals surface area contributed by atoms with Crippen molar-refractivity contribution in [1.29, 1.82) is 0 Å². The number of nitrogens with one attached hydrogen (secondary N) is 1. The van der Waals surface area contributed by atoms with Crippen LogP contribution in [0.25, 0.3) is 10.9 Å². The molecule has 29 heavy (non-hydrogen) atoms. The molecule has 0 amide bonds. The molecule has 154 valence electrons. The van der Waals surface area contributed by atoms with Crippen molar-refractivity contribution in [3.8, 4) is 5.75 Å². The highest BCUT2D eigenvalue weighted by atomic mass is 32.2. The van der Waals surface area contributed by atoms with Gasteiger partial charge in [0.25, 0.3) is 0 Å². The second-order valence-electron chi connectivity index (χ2n) is 8.83. The first kappa shape index (κ1) is 21.2. The van der Waals surface area contributed by atoms with Crippen molar-refractivity contribution in [1.82, 2.24) is 9.97 Å². The van der Waals surface area contributed by atoms with Crippen LogP contribution in [0.5, 0.6) is 5.75 Å². The Kier molecular flexibility index (Phi) is 5.94. The lowest BCUT2D eigenvalue weighted by Gasteiger charge is -2.22. The fraction of sp³-hybridized carbons (Fsp3) is 0.391. The smallest absolute Gasteiger partial charge is 0.309 e. The maximum absolute atomic E-state index is 11.7. The minimum Gasteiger partial charge on any atom is -0.487 e. The maximum atomic E-state index is 11.7. The average Bonchev–Trinajstić information content (AvgIpc) is 2.95. The molecule has 3 aromatic rings. The number of ether oxygens (including phenoxy) is 1. The van der Waals surface area contributed by atoms with Crippen LogP contribution < -0.4 is 4.74 Å².